The molecule has 5 nitrogen and oxygen atoms in total. The second-order valence-electron chi connectivity index (χ2n) is 5.74. The molecule has 1 amide bonds. The average molecular weight is 417 g/mol. The van der Waals surface area contributed by atoms with Crippen molar-refractivity contribution in [3.05, 3.63) is 65.0 Å². The Labute approximate surface area is 158 Å². The first-order chi connectivity index (χ1) is 12.3. The monoisotopic (exact) mass is 416 g/mol. The summed E-state index contributed by atoms with van der Waals surface area (Å²) in [6.45, 7) is 1.57. The molecule has 1 fully saturated rings. The lowest BCUT2D eigenvalue weighted by Gasteiger charge is -2.26. The van der Waals surface area contributed by atoms with E-state index in [1.165, 1.54) is 0 Å². The average Bonchev–Trinajstić information content (AvgIpc) is 3.31. The highest BCUT2D eigenvalue weighted by Gasteiger charge is 2.25. The molecule has 1 aromatic carbocycles. The van der Waals surface area contributed by atoms with Crippen molar-refractivity contribution >= 4 is 33.6 Å². The third-order valence-corrected chi connectivity index (χ3v) is 5.82. The van der Waals surface area contributed by atoms with Crippen LogP contribution >= 0.6 is 27.7 Å². The van der Waals surface area contributed by atoms with Gasteiger partial charge in [0.2, 0.25) is 0 Å². The fraction of sp³-hybridized carbons (Fsp3) is 0.222. The van der Waals surface area contributed by atoms with Crippen LogP contribution in [0.5, 0.6) is 0 Å². The first-order valence-electron chi connectivity index (χ1n) is 8.09. The summed E-state index contributed by atoms with van der Waals surface area (Å²) in [5.74, 6) is 2.79. The van der Waals surface area contributed by atoms with Gasteiger partial charge in [0.1, 0.15) is 5.56 Å². The Bertz CT molecular complexity index is 884. The minimum atomic E-state index is 0.0438. The van der Waals surface area contributed by atoms with Gasteiger partial charge < -0.3 is 9.47 Å². The minimum Gasteiger partial charge on any atom is -0.337 e. The number of aromatic nitrogens is 3. The van der Waals surface area contributed by atoms with Gasteiger partial charge in [-0.1, -0.05) is 12.1 Å². The third-order valence-electron chi connectivity index (χ3n) is 4.20. The normalized spacial score (nSPS) is 14.7. The number of hydrogen-bond acceptors (Lipinski definition) is 3. The number of carbonyl (C=O) groups excluding carboxylic acids is 1. The number of rotatable bonds is 3. The Hall–Kier alpha value is -1.99. The third kappa shape index (κ3) is 3.14. The number of carbonyl (C=O) groups is 1. The zero-order valence-electron chi connectivity index (χ0n) is 13.5. The van der Waals surface area contributed by atoms with Crippen LogP contribution in [0.1, 0.15) is 10.4 Å². The zero-order valence-corrected chi connectivity index (χ0v) is 15.9. The van der Waals surface area contributed by atoms with Gasteiger partial charge >= 0.3 is 0 Å². The van der Waals surface area contributed by atoms with E-state index in [1.54, 1.807) is 6.20 Å². The van der Waals surface area contributed by atoms with E-state index in [0.29, 0.717) is 5.56 Å². The van der Waals surface area contributed by atoms with Gasteiger partial charge in [-0.25, -0.2) is 4.68 Å². The van der Waals surface area contributed by atoms with Gasteiger partial charge in [-0.2, -0.15) is 16.9 Å². The van der Waals surface area contributed by atoms with E-state index in [4.69, 9.17) is 0 Å². The minimum absolute atomic E-state index is 0.0438. The molecular formula is C18H17BrN4OS. The topological polar surface area (TPSA) is 43.1 Å². The number of nitrogens with zero attached hydrogens (tertiary/aromatic N) is 4. The van der Waals surface area contributed by atoms with Crippen LogP contribution in [0.2, 0.25) is 0 Å². The summed E-state index contributed by atoms with van der Waals surface area (Å²) in [5.41, 5.74) is 1.53. The molecule has 4 rings (SSSR count). The molecule has 0 radical (unpaired) electrons. The molecule has 0 unspecified atom stereocenters. The van der Waals surface area contributed by atoms with Gasteiger partial charge in [0.15, 0.2) is 5.82 Å². The van der Waals surface area contributed by atoms with E-state index in [9.17, 15) is 4.79 Å². The maximum Gasteiger partial charge on any atom is 0.259 e. The number of thioether (sulfide) groups is 1. The number of amides is 1. The summed E-state index contributed by atoms with van der Waals surface area (Å²) in [6, 6.07) is 11.8. The fourth-order valence-electron chi connectivity index (χ4n) is 2.95. The summed E-state index contributed by atoms with van der Waals surface area (Å²) in [6.07, 6.45) is 5.55. The van der Waals surface area contributed by atoms with Gasteiger partial charge in [-0.05, 0) is 40.2 Å². The summed E-state index contributed by atoms with van der Waals surface area (Å²) in [4.78, 5) is 15.0. The summed E-state index contributed by atoms with van der Waals surface area (Å²) < 4.78 is 4.69. The molecule has 3 heterocycles. The van der Waals surface area contributed by atoms with Crippen LogP contribution < -0.4 is 0 Å². The smallest absolute Gasteiger partial charge is 0.259 e. The van der Waals surface area contributed by atoms with E-state index in [2.05, 4.69) is 21.0 Å². The van der Waals surface area contributed by atoms with Gasteiger partial charge in [0.25, 0.3) is 5.91 Å². The van der Waals surface area contributed by atoms with E-state index in [0.717, 1.165) is 40.6 Å². The zero-order chi connectivity index (χ0) is 17.2. The lowest BCUT2D eigenvalue weighted by molar-refractivity contribution is 0.0772. The number of hydrogen-bond donors (Lipinski definition) is 0. The quantitative estimate of drug-likeness (QED) is 0.654. The number of benzene rings is 1. The second kappa shape index (κ2) is 7.09. The molecule has 0 N–H and O–H groups in total. The Morgan fingerprint density at radius 1 is 1.08 bits per heavy atom. The lowest BCUT2D eigenvalue weighted by atomic mass is 10.2. The molecule has 1 saturated heterocycles. The van der Waals surface area contributed by atoms with Crippen molar-refractivity contribution in [2.24, 2.45) is 0 Å². The van der Waals surface area contributed by atoms with Crippen LogP contribution in [0, 0.1) is 0 Å². The van der Waals surface area contributed by atoms with Gasteiger partial charge in [-0.3, -0.25) is 4.79 Å². The van der Waals surface area contributed by atoms with Crippen molar-refractivity contribution in [2.75, 3.05) is 24.6 Å². The first kappa shape index (κ1) is 16.5. The van der Waals surface area contributed by atoms with Crippen molar-refractivity contribution in [1.29, 1.82) is 0 Å². The molecule has 0 aliphatic carbocycles. The van der Waals surface area contributed by atoms with Crippen LogP contribution in [-0.4, -0.2) is 49.7 Å². The summed E-state index contributed by atoms with van der Waals surface area (Å²) in [7, 11) is 0. The maximum atomic E-state index is 13.1. The molecule has 128 valence electrons. The van der Waals surface area contributed by atoms with Crippen molar-refractivity contribution < 1.29 is 4.79 Å². The molecule has 0 atom stereocenters. The SMILES string of the molecule is O=C(c1cnn(-c2ccccc2Br)c1-n1cccc1)N1CCSCC1. The molecule has 25 heavy (non-hydrogen) atoms. The van der Waals surface area contributed by atoms with Gasteiger partial charge in [0.05, 0.1) is 11.9 Å². The van der Waals surface area contributed by atoms with E-state index >= 15 is 0 Å². The number of para-hydroxylation sites is 1. The summed E-state index contributed by atoms with van der Waals surface area (Å²) >= 11 is 5.48. The van der Waals surface area contributed by atoms with E-state index in [-0.39, 0.29) is 5.91 Å². The van der Waals surface area contributed by atoms with Crippen molar-refractivity contribution in [1.82, 2.24) is 19.2 Å². The molecule has 1 aliphatic heterocycles. The first-order valence-corrected chi connectivity index (χ1v) is 10.0. The molecule has 7 heteroatoms. The highest BCUT2D eigenvalue weighted by atomic mass is 79.9. The number of halogens is 1. The molecular weight excluding hydrogens is 400 g/mol. The predicted octanol–water partition coefficient (Wildman–Crippen LogP) is 3.61. The van der Waals surface area contributed by atoms with E-state index in [1.807, 2.05) is 74.7 Å². The van der Waals surface area contributed by atoms with Crippen LogP contribution in [0.4, 0.5) is 0 Å². The van der Waals surface area contributed by atoms with Crippen LogP contribution in [0.15, 0.2) is 59.5 Å². The molecule has 2 aromatic heterocycles. The van der Waals surface area contributed by atoms with Crippen molar-refractivity contribution in [3.63, 3.8) is 0 Å². The highest BCUT2D eigenvalue weighted by Crippen LogP contribution is 2.26. The largest absolute Gasteiger partial charge is 0.337 e. The predicted molar refractivity (Wildman–Crippen MR) is 104 cm³/mol. The molecule has 0 saturated carbocycles. The Morgan fingerprint density at radius 2 is 1.80 bits per heavy atom. The van der Waals surface area contributed by atoms with Crippen LogP contribution in [0.25, 0.3) is 11.5 Å². The van der Waals surface area contributed by atoms with Crippen LogP contribution in [-0.2, 0) is 0 Å². The highest BCUT2D eigenvalue weighted by molar-refractivity contribution is 9.10. The molecule has 3 aromatic rings. The summed E-state index contributed by atoms with van der Waals surface area (Å²) in [5, 5.41) is 4.53. The second-order valence-corrected chi connectivity index (χ2v) is 7.82. The van der Waals surface area contributed by atoms with Crippen molar-refractivity contribution in [3.8, 4) is 11.5 Å². The van der Waals surface area contributed by atoms with E-state index < -0.39 is 0 Å². The van der Waals surface area contributed by atoms with Gasteiger partial charge in [-0.15, -0.1) is 0 Å². The molecule has 1 aliphatic rings. The van der Waals surface area contributed by atoms with Gasteiger partial charge in [0, 0.05) is 41.5 Å². The molecule has 0 spiro atoms. The Morgan fingerprint density at radius 3 is 2.52 bits per heavy atom. The Balaban J connectivity index is 1.83. The fourth-order valence-corrected chi connectivity index (χ4v) is 4.31. The maximum absolute atomic E-state index is 13.1. The van der Waals surface area contributed by atoms with Crippen molar-refractivity contribution in [2.45, 2.75) is 0 Å². The molecule has 0 bridgehead atoms. The Kier molecular flexibility index (Phi) is 4.67. The van der Waals surface area contributed by atoms with Crippen LogP contribution in [0.3, 0.4) is 0 Å². The lowest BCUT2D eigenvalue weighted by Crippen LogP contribution is -2.38. The standard InChI is InChI=1S/C18H17BrN4OS/c19-15-5-1-2-6-16(15)23-17(21-7-3-4-8-21)14(13-20-23)18(24)22-9-11-25-12-10-22/h1-8,13H,9-12H2.